The van der Waals surface area contributed by atoms with Crippen molar-refractivity contribution in [2.24, 2.45) is 0 Å². The SMILES string of the molecule is C#CC(O)(C(C)=CC)c1ccccc1. The summed E-state index contributed by atoms with van der Waals surface area (Å²) < 4.78 is 0. The van der Waals surface area contributed by atoms with E-state index >= 15 is 0 Å². The third-order valence-corrected chi connectivity index (χ3v) is 2.40. The highest BCUT2D eigenvalue weighted by molar-refractivity contribution is 5.40. The number of terminal acetylenes is 1. The lowest BCUT2D eigenvalue weighted by molar-refractivity contribution is 0.140. The van der Waals surface area contributed by atoms with Gasteiger partial charge in [0.25, 0.3) is 0 Å². The molecule has 72 valence electrons. The van der Waals surface area contributed by atoms with Crippen molar-refractivity contribution in [3.8, 4) is 12.3 Å². The number of hydrogen-bond acceptors (Lipinski definition) is 1. The molecule has 0 heterocycles. The molecule has 1 N–H and O–H groups in total. The normalized spacial score (nSPS) is 15.7. The molecule has 0 aromatic heterocycles. The van der Waals surface area contributed by atoms with Crippen LogP contribution in [0.2, 0.25) is 0 Å². The summed E-state index contributed by atoms with van der Waals surface area (Å²) in [6.45, 7) is 3.69. The molecule has 1 heteroatoms. The molecule has 0 amide bonds. The van der Waals surface area contributed by atoms with E-state index in [9.17, 15) is 5.11 Å². The number of hydrogen-bond donors (Lipinski definition) is 1. The van der Waals surface area contributed by atoms with Crippen LogP contribution in [0.25, 0.3) is 0 Å². The fraction of sp³-hybridized carbons (Fsp3) is 0.231. The van der Waals surface area contributed by atoms with E-state index < -0.39 is 5.60 Å². The summed E-state index contributed by atoms with van der Waals surface area (Å²) in [4.78, 5) is 0. The molecule has 0 aliphatic rings. The van der Waals surface area contributed by atoms with Gasteiger partial charge >= 0.3 is 0 Å². The van der Waals surface area contributed by atoms with Gasteiger partial charge in [-0.1, -0.05) is 42.3 Å². The summed E-state index contributed by atoms with van der Waals surface area (Å²) in [5.41, 5.74) is 0.236. The minimum absolute atomic E-state index is 0.734. The third-order valence-electron chi connectivity index (χ3n) is 2.40. The highest BCUT2D eigenvalue weighted by Crippen LogP contribution is 2.27. The first kappa shape index (κ1) is 10.6. The average Bonchev–Trinajstić information content (AvgIpc) is 2.28. The molecule has 0 bridgehead atoms. The number of benzene rings is 1. The predicted molar refractivity (Wildman–Crippen MR) is 58.6 cm³/mol. The maximum absolute atomic E-state index is 10.3. The van der Waals surface area contributed by atoms with E-state index in [1.807, 2.05) is 50.3 Å². The first-order chi connectivity index (χ1) is 6.65. The van der Waals surface area contributed by atoms with Crippen molar-refractivity contribution in [3.63, 3.8) is 0 Å². The van der Waals surface area contributed by atoms with Gasteiger partial charge in [0.15, 0.2) is 5.60 Å². The molecule has 0 radical (unpaired) electrons. The molecule has 1 atom stereocenters. The van der Waals surface area contributed by atoms with Crippen LogP contribution >= 0.6 is 0 Å². The zero-order chi connectivity index (χ0) is 10.6. The Morgan fingerprint density at radius 3 is 2.43 bits per heavy atom. The van der Waals surface area contributed by atoms with Crippen molar-refractivity contribution in [1.82, 2.24) is 0 Å². The molecule has 0 aliphatic heterocycles. The van der Waals surface area contributed by atoms with E-state index in [0.29, 0.717) is 0 Å². The summed E-state index contributed by atoms with van der Waals surface area (Å²) in [5, 5.41) is 10.3. The van der Waals surface area contributed by atoms with Gasteiger partial charge < -0.3 is 5.11 Å². The lowest BCUT2D eigenvalue weighted by atomic mass is 9.87. The Balaban J connectivity index is 3.24. The molecule has 0 aliphatic carbocycles. The smallest absolute Gasteiger partial charge is 0.172 e. The molecule has 0 spiro atoms. The Hall–Kier alpha value is -1.52. The molecular weight excluding hydrogens is 172 g/mol. The molecule has 14 heavy (non-hydrogen) atoms. The summed E-state index contributed by atoms with van der Waals surface area (Å²) in [7, 11) is 0. The maximum Gasteiger partial charge on any atom is 0.172 e. The molecule has 0 saturated heterocycles. The van der Waals surface area contributed by atoms with Crippen molar-refractivity contribution in [3.05, 3.63) is 47.5 Å². The second-order valence-electron chi connectivity index (χ2n) is 3.19. The van der Waals surface area contributed by atoms with Crippen LogP contribution in [-0.2, 0) is 5.60 Å². The number of allylic oxidation sites excluding steroid dienone is 1. The van der Waals surface area contributed by atoms with Crippen LogP contribution < -0.4 is 0 Å². The van der Waals surface area contributed by atoms with Crippen LogP contribution in [0.4, 0.5) is 0 Å². The first-order valence-electron chi connectivity index (χ1n) is 4.54. The monoisotopic (exact) mass is 186 g/mol. The van der Waals surface area contributed by atoms with Gasteiger partial charge in [-0.3, -0.25) is 0 Å². The van der Waals surface area contributed by atoms with Gasteiger partial charge in [0, 0.05) is 5.56 Å². The van der Waals surface area contributed by atoms with Crippen LogP contribution in [0.15, 0.2) is 42.0 Å². The van der Waals surface area contributed by atoms with Gasteiger partial charge in [-0.05, 0) is 19.4 Å². The standard InChI is InChI=1S/C13H14O/c1-4-11(3)13(14,5-2)12-9-7-6-8-10-12/h2,4,6-10,14H,1,3H3. The molecule has 0 saturated carbocycles. The Labute approximate surface area is 85.1 Å². The van der Waals surface area contributed by atoms with E-state index in [-0.39, 0.29) is 0 Å². The van der Waals surface area contributed by atoms with Gasteiger partial charge in [-0.15, -0.1) is 6.42 Å². The summed E-state index contributed by atoms with van der Waals surface area (Å²) >= 11 is 0. The minimum Gasteiger partial charge on any atom is -0.370 e. The lowest BCUT2D eigenvalue weighted by Crippen LogP contribution is -2.24. The molecule has 1 aromatic rings. The second kappa shape index (κ2) is 4.13. The van der Waals surface area contributed by atoms with Crippen LogP contribution in [0.1, 0.15) is 19.4 Å². The predicted octanol–water partition coefficient (Wildman–Crippen LogP) is 2.47. The van der Waals surface area contributed by atoms with Gasteiger partial charge in [-0.25, -0.2) is 0 Å². The largest absolute Gasteiger partial charge is 0.370 e. The Kier molecular flexibility index (Phi) is 3.11. The fourth-order valence-electron chi connectivity index (χ4n) is 1.31. The first-order valence-corrected chi connectivity index (χ1v) is 4.54. The van der Waals surface area contributed by atoms with Gasteiger partial charge in [-0.2, -0.15) is 0 Å². The van der Waals surface area contributed by atoms with Crippen LogP contribution in [0.3, 0.4) is 0 Å². The molecule has 0 fully saturated rings. The van der Waals surface area contributed by atoms with Crippen LogP contribution in [0.5, 0.6) is 0 Å². The highest BCUT2D eigenvalue weighted by Gasteiger charge is 2.27. The van der Waals surface area contributed by atoms with Crippen molar-refractivity contribution >= 4 is 0 Å². The van der Waals surface area contributed by atoms with Crippen LogP contribution in [0, 0.1) is 12.3 Å². The van der Waals surface area contributed by atoms with E-state index in [2.05, 4.69) is 5.92 Å². The Morgan fingerprint density at radius 1 is 1.43 bits per heavy atom. The van der Waals surface area contributed by atoms with E-state index in [0.717, 1.165) is 11.1 Å². The van der Waals surface area contributed by atoms with Gasteiger partial charge in [0.2, 0.25) is 0 Å². The topological polar surface area (TPSA) is 20.2 Å². The average molecular weight is 186 g/mol. The van der Waals surface area contributed by atoms with Gasteiger partial charge in [0.1, 0.15) is 0 Å². The van der Waals surface area contributed by atoms with E-state index in [1.165, 1.54) is 0 Å². The molecular formula is C13H14O. The number of rotatable bonds is 2. The summed E-state index contributed by atoms with van der Waals surface area (Å²) in [5.74, 6) is 2.43. The van der Waals surface area contributed by atoms with Crippen molar-refractivity contribution < 1.29 is 5.11 Å². The summed E-state index contributed by atoms with van der Waals surface area (Å²) in [6.07, 6.45) is 7.20. The molecule has 1 rings (SSSR count). The third kappa shape index (κ3) is 1.71. The molecule has 1 nitrogen and oxygen atoms in total. The fourth-order valence-corrected chi connectivity index (χ4v) is 1.31. The van der Waals surface area contributed by atoms with Crippen LogP contribution in [-0.4, -0.2) is 5.11 Å². The molecule has 1 aromatic carbocycles. The van der Waals surface area contributed by atoms with Gasteiger partial charge in [0.05, 0.1) is 0 Å². The second-order valence-corrected chi connectivity index (χ2v) is 3.19. The van der Waals surface area contributed by atoms with E-state index in [4.69, 9.17) is 6.42 Å². The number of aliphatic hydroxyl groups is 1. The zero-order valence-electron chi connectivity index (χ0n) is 8.49. The van der Waals surface area contributed by atoms with Crippen molar-refractivity contribution in [2.45, 2.75) is 19.4 Å². The van der Waals surface area contributed by atoms with E-state index in [1.54, 1.807) is 0 Å². The minimum atomic E-state index is -1.27. The zero-order valence-corrected chi connectivity index (χ0v) is 8.49. The Morgan fingerprint density at radius 2 is 2.00 bits per heavy atom. The van der Waals surface area contributed by atoms with Crippen molar-refractivity contribution in [2.75, 3.05) is 0 Å². The lowest BCUT2D eigenvalue weighted by Gasteiger charge is -2.23. The molecule has 1 unspecified atom stereocenters. The highest BCUT2D eigenvalue weighted by atomic mass is 16.3. The summed E-state index contributed by atoms with van der Waals surface area (Å²) in [6, 6.07) is 9.27. The Bertz CT molecular complexity index is 370. The maximum atomic E-state index is 10.3. The van der Waals surface area contributed by atoms with Crippen molar-refractivity contribution in [1.29, 1.82) is 0 Å². The quantitative estimate of drug-likeness (QED) is 0.555.